The standard InChI is InChI=1S/C18H34N2O/c1-3-15-13-20(12-8-17(15)19-2)14-16-7-11-18(21-16)9-5-4-6-10-18/h15-17,19H,3-14H2,1-2H3. The zero-order valence-corrected chi connectivity index (χ0v) is 14.1. The molecule has 3 nitrogen and oxygen atoms in total. The molecule has 1 spiro atoms. The van der Waals surface area contributed by atoms with Crippen LogP contribution in [0.4, 0.5) is 0 Å². The predicted molar refractivity (Wildman–Crippen MR) is 87.6 cm³/mol. The van der Waals surface area contributed by atoms with Crippen LogP contribution in [0.1, 0.15) is 64.7 Å². The van der Waals surface area contributed by atoms with Gasteiger partial charge < -0.3 is 15.0 Å². The van der Waals surface area contributed by atoms with E-state index in [1.165, 1.54) is 77.4 Å². The first-order valence-electron chi connectivity index (χ1n) is 9.32. The molecule has 3 atom stereocenters. The summed E-state index contributed by atoms with van der Waals surface area (Å²) in [5.74, 6) is 0.814. The van der Waals surface area contributed by atoms with Crippen LogP contribution in [-0.2, 0) is 4.74 Å². The third-order valence-corrected chi connectivity index (χ3v) is 6.28. The molecule has 0 aromatic carbocycles. The molecule has 3 aliphatic rings. The molecule has 1 saturated carbocycles. The molecular formula is C18H34N2O. The van der Waals surface area contributed by atoms with Crippen LogP contribution in [0, 0.1) is 5.92 Å². The topological polar surface area (TPSA) is 24.5 Å². The largest absolute Gasteiger partial charge is 0.370 e. The lowest BCUT2D eigenvalue weighted by atomic mass is 9.83. The summed E-state index contributed by atoms with van der Waals surface area (Å²) in [4.78, 5) is 2.68. The minimum Gasteiger partial charge on any atom is -0.370 e. The summed E-state index contributed by atoms with van der Waals surface area (Å²) in [6.45, 7) is 6.01. The van der Waals surface area contributed by atoms with Crippen molar-refractivity contribution in [1.29, 1.82) is 0 Å². The molecule has 0 aromatic heterocycles. The van der Waals surface area contributed by atoms with E-state index in [9.17, 15) is 0 Å². The lowest BCUT2D eigenvalue weighted by Crippen LogP contribution is -2.50. The molecule has 3 unspecified atom stereocenters. The third kappa shape index (κ3) is 3.62. The van der Waals surface area contributed by atoms with E-state index in [1.54, 1.807) is 0 Å². The molecule has 2 aliphatic heterocycles. The molecule has 1 N–H and O–H groups in total. The maximum absolute atomic E-state index is 6.56. The van der Waals surface area contributed by atoms with Gasteiger partial charge in [-0.3, -0.25) is 0 Å². The first-order chi connectivity index (χ1) is 10.2. The zero-order valence-electron chi connectivity index (χ0n) is 14.1. The molecule has 3 fully saturated rings. The Balaban J connectivity index is 1.49. The van der Waals surface area contributed by atoms with Gasteiger partial charge in [0.05, 0.1) is 11.7 Å². The van der Waals surface area contributed by atoms with Crippen LogP contribution in [-0.4, -0.2) is 49.3 Å². The number of nitrogens with zero attached hydrogens (tertiary/aromatic N) is 1. The van der Waals surface area contributed by atoms with Gasteiger partial charge >= 0.3 is 0 Å². The van der Waals surface area contributed by atoms with Gasteiger partial charge in [-0.1, -0.05) is 32.6 Å². The number of likely N-dealkylation sites (tertiary alicyclic amines) is 1. The van der Waals surface area contributed by atoms with Crippen LogP contribution in [0.15, 0.2) is 0 Å². The number of nitrogens with one attached hydrogen (secondary N) is 1. The van der Waals surface area contributed by atoms with Crippen molar-refractivity contribution >= 4 is 0 Å². The predicted octanol–water partition coefficient (Wildman–Crippen LogP) is 3.19. The molecule has 1 aliphatic carbocycles. The van der Waals surface area contributed by atoms with Crippen molar-refractivity contribution in [1.82, 2.24) is 10.2 Å². The Morgan fingerprint density at radius 2 is 1.95 bits per heavy atom. The third-order valence-electron chi connectivity index (χ3n) is 6.28. The van der Waals surface area contributed by atoms with E-state index in [-0.39, 0.29) is 5.60 Å². The van der Waals surface area contributed by atoms with Crippen LogP contribution in [0.3, 0.4) is 0 Å². The van der Waals surface area contributed by atoms with E-state index in [2.05, 4.69) is 24.2 Å². The Hall–Kier alpha value is -0.120. The summed E-state index contributed by atoms with van der Waals surface area (Å²) in [5, 5.41) is 3.51. The second-order valence-electron chi connectivity index (χ2n) is 7.63. The SMILES string of the molecule is CCC1CN(CC2CCC3(CCCCC3)O2)CCC1NC. The number of piperidine rings is 1. The maximum Gasteiger partial charge on any atom is 0.0710 e. The molecular weight excluding hydrogens is 260 g/mol. The quantitative estimate of drug-likeness (QED) is 0.862. The van der Waals surface area contributed by atoms with Crippen molar-refractivity contribution in [2.75, 3.05) is 26.7 Å². The molecule has 0 radical (unpaired) electrons. The van der Waals surface area contributed by atoms with Crippen molar-refractivity contribution in [3.63, 3.8) is 0 Å². The highest BCUT2D eigenvalue weighted by Gasteiger charge is 2.41. The van der Waals surface area contributed by atoms with Gasteiger partial charge in [0.15, 0.2) is 0 Å². The van der Waals surface area contributed by atoms with E-state index in [4.69, 9.17) is 4.74 Å². The van der Waals surface area contributed by atoms with Crippen LogP contribution >= 0.6 is 0 Å². The fourth-order valence-electron chi connectivity index (χ4n) is 4.94. The smallest absolute Gasteiger partial charge is 0.0710 e. The summed E-state index contributed by atoms with van der Waals surface area (Å²) in [6, 6.07) is 0.723. The number of hydrogen-bond acceptors (Lipinski definition) is 3. The van der Waals surface area contributed by atoms with E-state index < -0.39 is 0 Å². The molecule has 3 heteroatoms. The van der Waals surface area contributed by atoms with Gasteiger partial charge in [0.1, 0.15) is 0 Å². The van der Waals surface area contributed by atoms with Crippen molar-refractivity contribution in [2.24, 2.45) is 5.92 Å². The van der Waals surface area contributed by atoms with E-state index >= 15 is 0 Å². The fraction of sp³-hybridized carbons (Fsp3) is 1.00. The van der Waals surface area contributed by atoms with Gasteiger partial charge in [0.2, 0.25) is 0 Å². The highest BCUT2D eigenvalue weighted by atomic mass is 16.5. The minimum absolute atomic E-state index is 0.288. The van der Waals surface area contributed by atoms with Gasteiger partial charge in [-0.05, 0) is 51.6 Å². The Kier molecular flexibility index (Phi) is 5.23. The first-order valence-corrected chi connectivity index (χ1v) is 9.32. The molecule has 0 bridgehead atoms. The van der Waals surface area contributed by atoms with Crippen LogP contribution < -0.4 is 5.32 Å². The minimum atomic E-state index is 0.288. The first kappa shape index (κ1) is 15.8. The van der Waals surface area contributed by atoms with Gasteiger partial charge in [-0.2, -0.15) is 0 Å². The van der Waals surface area contributed by atoms with Crippen LogP contribution in [0.2, 0.25) is 0 Å². The van der Waals surface area contributed by atoms with E-state index in [0.717, 1.165) is 12.0 Å². The summed E-state index contributed by atoms with van der Waals surface area (Å²) in [7, 11) is 2.12. The Morgan fingerprint density at radius 1 is 1.14 bits per heavy atom. The normalized spacial score (nSPS) is 37.1. The lowest BCUT2D eigenvalue weighted by Gasteiger charge is -2.39. The summed E-state index contributed by atoms with van der Waals surface area (Å²) < 4.78 is 6.56. The Labute approximate surface area is 130 Å². The summed E-state index contributed by atoms with van der Waals surface area (Å²) in [6.07, 6.45) is 12.6. The molecule has 3 rings (SSSR count). The van der Waals surface area contributed by atoms with Crippen molar-refractivity contribution in [3.05, 3.63) is 0 Å². The average molecular weight is 294 g/mol. The van der Waals surface area contributed by atoms with Gasteiger partial charge in [-0.25, -0.2) is 0 Å². The Bertz CT molecular complexity index is 325. The molecule has 0 amide bonds. The maximum atomic E-state index is 6.56. The molecule has 21 heavy (non-hydrogen) atoms. The molecule has 122 valence electrons. The Morgan fingerprint density at radius 3 is 2.67 bits per heavy atom. The number of ether oxygens (including phenoxy) is 1. The molecule has 2 saturated heterocycles. The molecule has 2 heterocycles. The fourth-order valence-corrected chi connectivity index (χ4v) is 4.94. The van der Waals surface area contributed by atoms with E-state index in [0.29, 0.717) is 6.10 Å². The number of hydrogen-bond donors (Lipinski definition) is 1. The van der Waals surface area contributed by atoms with Gasteiger partial charge in [0, 0.05) is 19.1 Å². The molecule has 0 aromatic rings. The van der Waals surface area contributed by atoms with Crippen LogP contribution in [0.25, 0.3) is 0 Å². The highest BCUT2D eigenvalue weighted by Crippen LogP contribution is 2.42. The number of rotatable bonds is 4. The van der Waals surface area contributed by atoms with E-state index in [1.807, 2.05) is 0 Å². The monoisotopic (exact) mass is 294 g/mol. The van der Waals surface area contributed by atoms with Crippen LogP contribution in [0.5, 0.6) is 0 Å². The van der Waals surface area contributed by atoms with Gasteiger partial charge in [0.25, 0.3) is 0 Å². The zero-order chi connectivity index (χ0) is 14.7. The van der Waals surface area contributed by atoms with Crippen molar-refractivity contribution in [2.45, 2.75) is 82.5 Å². The van der Waals surface area contributed by atoms with Gasteiger partial charge in [-0.15, -0.1) is 0 Å². The average Bonchev–Trinajstić information content (AvgIpc) is 2.90. The highest BCUT2D eigenvalue weighted by molar-refractivity contribution is 4.93. The summed E-state index contributed by atoms with van der Waals surface area (Å²) >= 11 is 0. The van der Waals surface area contributed by atoms with Crippen molar-refractivity contribution in [3.8, 4) is 0 Å². The second kappa shape index (κ2) is 6.97. The summed E-state index contributed by atoms with van der Waals surface area (Å²) in [5.41, 5.74) is 0.288. The van der Waals surface area contributed by atoms with Crippen molar-refractivity contribution < 1.29 is 4.74 Å². The second-order valence-corrected chi connectivity index (χ2v) is 7.63. The lowest BCUT2D eigenvalue weighted by molar-refractivity contribution is -0.0748.